The van der Waals surface area contributed by atoms with E-state index < -0.39 is 0 Å². The van der Waals surface area contributed by atoms with Crippen LogP contribution >= 0.6 is 0 Å². The molecule has 3 aromatic rings. The van der Waals surface area contributed by atoms with Gasteiger partial charge in [0.15, 0.2) is 0 Å². The maximum atomic E-state index is 12.8. The molecule has 0 amide bonds. The second-order valence-corrected chi connectivity index (χ2v) is 4.16. The first-order valence-electron chi connectivity index (χ1n) is 5.48. The summed E-state index contributed by atoms with van der Waals surface area (Å²) in [5.74, 6) is 0.534. The highest BCUT2D eigenvalue weighted by Crippen LogP contribution is 2.28. The molecule has 0 spiro atoms. The van der Waals surface area contributed by atoms with Crippen molar-refractivity contribution in [2.24, 2.45) is 0 Å². The van der Waals surface area contributed by atoms with E-state index >= 15 is 0 Å². The summed E-state index contributed by atoms with van der Waals surface area (Å²) in [6.07, 6.45) is 0. The summed E-state index contributed by atoms with van der Waals surface area (Å²) in [6, 6.07) is 14.4. The fraction of sp³-hybridized carbons (Fsp3) is 0.0667. The van der Waals surface area contributed by atoms with Gasteiger partial charge < -0.3 is 4.42 Å². The number of hydrogen-bond acceptors (Lipinski definition) is 1. The topological polar surface area (TPSA) is 13.1 Å². The summed E-state index contributed by atoms with van der Waals surface area (Å²) < 4.78 is 18.6. The molecule has 2 aromatic carbocycles. The molecule has 0 unspecified atom stereocenters. The molecule has 0 fully saturated rings. The molecule has 0 radical (unpaired) electrons. The minimum atomic E-state index is -0.235. The summed E-state index contributed by atoms with van der Waals surface area (Å²) >= 11 is 0. The van der Waals surface area contributed by atoms with E-state index in [0.717, 1.165) is 27.9 Å². The van der Waals surface area contributed by atoms with E-state index in [4.69, 9.17) is 4.42 Å². The molecule has 2 heteroatoms. The molecular weight excluding hydrogens is 215 g/mol. The minimum absolute atomic E-state index is 0.235. The van der Waals surface area contributed by atoms with E-state index in [0.29, 0.717) is 0 Å². The molecule has 1 heterocycles. The molecule has 0 saturated carbocycles. The molecule has 0 aliphatic carbocycles. The third-order valence-electron chi connectivity index (χ3n) is 2.80. The summed E-state index contributed by atoms with van der Waals surface area (Å²) in [5, 5.41) is 1.06. The standard InChI is InChI=1S/C15H11FO/c1-10-2-3-12-9-15(17-14(12)8-10)11-4-6-13(16)7-5-11/h2-9H,1H3. The highest BCUT2D eigenvalue weighted by molar-refractivity contribution is 5.83. The number of hydrogen-bond donors (Lipinski definition) is 0. The maximum absolute atomic E-state index is 12.8. The lowest BCUT2D eigenvalue weighted by atomic mass is 10.1. The molecule has 0 atom stereocenters. The molecule has 0 saturated heterocycles. The maximum Gasteiger partial charge on any atom is 0.135 e. The Morgan fingerprint density at radius 3 is 2.47 bits per heavy atom. The average Bonchev–Trinajstić information content (AvgIpc) is 2.72. The van der Waals surface area contributed by atoms with Gasteiger partial charge in [-0.1, -0.05) is 12.1 Å². The van der Waals surface area contributed by atoms with Gasteiger partial charge in [0.2, 0.25) is 0 Å². The van der Waals surface area contributed by atoms with Crippen LogP contribution in [0, 0.1) is 12.7 Å². The molecule has 17 heavy (non-hydrogen) atoms. The first-order chi connectivity index (χ1) is 8.22. The number of aryl methyl sites for hydroxylation is 1. The van der Waals surface area contributed by atoms with E-state index in [1.165, 1.54) is 12.1 Å². The van der Waals surface area contributed by atoms with Crippen molar-refractivity contribution >= 4 is 11.0 Å². The molecular formula is C15H11FO. The Hall–Kier alpha value is -2.09. The fourth-order valence-corrected chi connectivity index (χ4v) is 1.89. The quantitative estimate of drug-likeness (QED) is 0.593. The van der Waals surface area contributed by atoms with Gasteiger partial charge in [0.1, 0.15) is 17.2 Å². The molecule has 1 aromatic heterocycles. The number of halogens is 1. The summed E-state index contributed by atoms with van der Waals surface area (Å²) in [5.41, 5.74) is 2.92. The Morgan fingerprint density at radius 1 is 0.941 bits per heavy atom. The van der Waals surface area contributed by atoms with E-state index in [1.54, 1.807) is 12.1 Å². The molecule has 0 N–H and O–H groups in total. The van der Waals surface area contributed by atoms with E-state index in [2.05, 4.69) is 0 Å². The van der Waals surface area contributed by atoms with Crippen LogP contribution in [-0.2, 0) is 0 Å². The average molecular weight is 226 g/mol. The van der Waals surface area contributed by atoms with Crippen molar-refractivity contribution in [2.45, 2.75) is 6.92 Å². The summed E-state index contributed by atoms with van der Waals surface area (Å²) in [4.78, 5) is 0. The van der Waals surface area contributed by atoms with Crippen LogP contribution < -0.4 is 0 Å². The molecule has 0 aliphatic rings. The second kappa shape index (κ2) is 3.74. The normalized spacial score (nSPS) is 10.9. The number of fused-ring (bicyclic) bond motifs is 1. The lowest BCUT2D eigenvalue weighted by Crippen LogP contribution is -1.74. The van der Waals surface area contributed by atoms with Crippen LogP contribution in [-0.4, -0.2) is 0 Å². The van der Waals surface area contributed by atoms with Gasteiger partial charge in [-0.25, -0.2) is 4.39 Å². The van der Waals surface area contributed by atoms with Gasteiger partial charge >= 0.3 is 0 Å². The minimum Gasteiger partial charge on any atom is -0.456 e. The fourth-order valence-electron chi connectivity index (χ4n) is 1.89. The monoisotopic (exact) mass is 226 g/mol. The van der Waals surface area contributed by atoms with Gasteiger partial charge in [-0.3, -0.25) is 0 Å². The van der Waals surface area contributed by atoms with Crippen molar-refractivity contribution in [3.63, 3.8) is 0 Å². The highest BCUT2D eigenvalue weighted by Gasteiger charge is 2.06. The highest BCUT2D eigenvalue weighted by atomic mass is 19.1. The summed E-state index contributed by atoms with van der Waals surface area (Å²) in [7, 11) is 0. The second-order valence-electron chi connectivity index (χ2n) is 4.16. The predicted molar refractivity (Wildman–Crippen MR) is 66.3 cm³/mol. The Morgan fingerprint density at radius 2 is 1.71 bits per heavy atom. The molecule has 1 nitrogen and oxygen atoms in total. The van der Waals surface area contributed by atoms with E-state index in [1.807, 2.05) is 31.2 Å². The molecule has 0 aliphatic heterocycles. The van der Waals surface area contributed by atoms with Crippen molar-refractivity contribution in [3.05, 3.63) is 59.9 Å². The van der Waals surface area contributed by atoms with Gasteiger partial charge in [0.25, 0.3) is 0 Å². The largest absolute Gasteiger partial charge is 0.456 e. The Kier molecular flexibility index (Phi) is 2.22. The first kappa shape index (κ1) is 10.1. The molecule has 3 rings (SSSR count). The summed E-state index contributed by atoms with van der Waals surface area (Å²) in [6.45, 7) is 2.03. The lowest BCUT2D eigenvalue weighted by Gasteiger charge is -1.95. The van der Waals surface area contributed by atoms with E-state index in [-0.39, 0.29) is 5.82 Å². The lowest BCUT2D eigenvalue weighted by molar-refractivity contribution is 0.623. The van der Waals surface area contributed by atoms with Crippen LogP contribution in [0.3, 0.4) is 0 Å². The Labute approximate surface area is 98.5 Å². The van der Waals surface area contributed by atoms with Gasteiger partial charge in [0, 0.05) is 10.9 Å². The zero-order valence-corrected chi connectivity index (χ0v) is 9.41. The predicted octanol–water partition coefficient (Wildman–Crippen LogP) is 4.55. The van der Waals surface area contributed by atoms with E-state index in [9.17, 15) is 4.39 Å². The van der Waals surface area contributed by atoms with Crippen molar-refractivity contribution in [2.75, 3.05) is 0 Å². The number of rotatable bonds is 1. The van der Waals surface area contributed by atoms with Crippen molar-refractivity contribution < 1.29 is 8.81 Å². The van der Waals surface area contributed by atoms with Gasteiger partial charge in [-0.2, -0.15) is 0 Å². The van der Waals surface area contributed by atoms with Crippen molar-refractivity contribution in [1.82, 2.24) is 0 Å². The number of furan rings is 1. The zero-order chi connectivity index (χ0) is 11.8. The molecule has 84 valence electrons. The van der Waals surface area contributed by atoms with Crippen LogP contribution in [0.5, 0.6) is 0 Å². The Bertz CT molecular complexity index is 665. The van der Waals surface area contributed by atoms with Crippen LogP contribution in [0.2, 0.25) is 0 Å². The molecule has 0 bridgehead atoms. The van der Waals surface area contributed by atoms with Gasteiger partial charge in [-0.05, 0) is 48.9 Å². The third-order valence-corrected chi connectivity index (χ3v) is 2.80. The van der Waals surface area contributed by atoms with Crippen LogP contribution in [0.25, 0.3) is 22.3 Å². The van der Waals surface area contributed by atoms with Crippen molar-refractivity contribution in [3.8, 4) is 11.3 Å². The van der Waals surface area contributed by atoms with Crippen LogP contribution in [0.4, 0.5) is 4.39 Å². The van der Waals surface area contributed by atoms with Crippen LogP contribution in [0.1, 0.15) is 5.56 Å². The van der Waals surface area contributed by atoms with Gasteiger partial charge in [0.05, 0.1) is 0 Å². The smallest absolute Gasteiger partial charge is 0.135 e. The first-order valence-corrected chi connectivity index (χ1v) is 5.48. The number of benzene rings is 2. The zero-order valence-electron chi connectivity index (χ0n) is 9.41. The van der Waals surface area contributed by atoms with Crippen LogP contribution in [0.15, 0.2) is 52.9 Å². The third kappa shape index (κ3) is 1.82. The van der Waals surface area contributed by atoms with Crippen molar-refractivity contribution in [1.29, 1.82) is 0 Å². The van der Waals surface area contributed by atoms with Gasteiger partial charge in [-0.15, -0.1) is 0 Å². The SMILES string of the molecule is Cc1ccc2cc(-c3ccc(F)cc3)oc2c1. The Balaban J connectivity index is 2.14.